The van der Waals surface area contributed by atoms with Crippen LogP contribution in [0.15, 0.2) is 18.2 Å². The fourth-order valence-electron chi connectivity index (χ4n) is 3.87. The second-order valence-electron chi connectivity index (χ2n) is 7.35. The van der Waals surface area contributed by atoms with Crippen molar-refractivity contribution in [3.8, 4) is 5.69 Å². The van der Waals surface area contributed by atoms with Gasteiger partial charge in [-0.3, -0.25) is 0 Å². The van der Waals surface area contributed by atoms with Crippen LogP contribution < -0.4 is 5.32 Å². The van der Waals surface area contributed by atoms with Crippen LogP contribution in [0.4, 0.5) is 0 Å². The van der Waals surface area contributed by atoms with Gasteiger partial charge in [0.1, 0.15) is 0 Å². The van der Waals surface area contributed by atoms with Gasteiger partial charge in [-0.2, -0.15) is 4.68 Å². The second kappa shape index (κ2) is 7.01. The van der Waals surface area contributed by atoms with Gasteiger partial charge in [-0.15, -0.1) is 5.10 Å². The molecule has 1 aliphatic carbocycles. The number of aryl methyl sites for hydroxylation is 2. The van der Waals surface area contributed by atoms with Crippen molar-refractivity contribution >= 4 is 0 Å². The first-order chi connectivity index (χ1) is 11.6. The summed E-state index contributed by atoms with van der Waals surface area (Å²) >= 11 is 0. The molecule has 0 atom stereocenters. The summed E-state index contributed by atoms with van der Waals surface area (Å²) in [4.78, 5) is 0. The molecule has 1 N–H and O–H groups in total. The smallest absolute Gasteiger partial charge is 0.176 e. The van der Waals surface area contributed by atoms with Crippen molar-refractivity contribution in [3.63, 3.8) is 0 Å². The number of nitrogens with one attached hydrogen (secondary N) is 1. The minimum Gasteiger partial charge on any atom is -0.305 e. The van der Waals surface area contributed by atoms with Crippen molar-refractivity contribution in [2.45, 2.75) is 65.3 Å². The highest BCUT2D eigenvalue weighted by atomic mass is 15.6. The molecule has 1 aromatic heterocycles. The summed E-state index contributed by atoms with van der Waals surface area (Å²) in [7, 11) is 0. The zero-order valence-electron chi connectivity index (χ0n) is 15.3. The van der Waals surface area contributed by atoms with E-state index in [0.717, 1.165) is 43.2 Å². The summed E-state index contributed by atoms with van der Waals surface area (Å²) in [5.74, 6) is 1.76. The van der Waals surface area contributed by atoms with E-state index >= 15 is 0 Å². The standard InChI is InChI=1S/C19H29N5/c1-5-13-20-19(11-9-14(2)10-12-19)18-21-22-23-24(18)17-15(3)7-6-8-16(17)4/h6-8,14,20H,5,9-13H2,1-4H3. The van der Waals surface area contributed by atoms with Crippen LogP contribution in [-0.4, -0.2) is 26.8 Å². The summed E-state index contributed by atoms with van der Waals surface area (Å²) in [6.45, 7) is 9.80. The van der Waals surface area contributed by atoms with Gasteiger partial charge in [0.05, 0.1) is 11.2 Å². The minimum atomic E-state index is -0.110. The molecule has 0 amide bonds. The maximum atomic E-state index is 4.49. The summed E-state index contributed by atoms with van der Waals surface area (Å²) in [5.41, 5.74) is 3.42. The number of para-hydroxylation sites is 1. The highest BCUT2D eigenvalue weighted by Gasteiger charge is 2.40. The van der Waals surface area contributed by atoms with E-state index in [2.05, 4.69) is 66.7 Å². The first-order valence-electron chi connectivity index (χ1n) is 9.18. The Morgan fingerprint density at radius 1 is 1.21 bits per heavy atom. The molecule has 1 saturated carbocycles. The molecular weight excluding hydrogens is 298 g/mol. The zero-order valence-corrected chi connectivity index (χ0v) is 15.3. The van der Waals surface area contributed by atoms with Gasteiger partial charge in [0, 0.05) is 0 Å². The second-order valence-corrected chi connectivity index (χ2v) is 7.35. The van der Waals surface area contributed by atoms with Crippen LogP contribution in [0.2, 0.25) is 0 Å². The molecule has 3 rings (SSSR count). The molecule has 0 bridgehead atoms. The molecule has 5 heteroatoms. The largest absolute Gasteiger partial charge is 0.305 e. The average Bonchev–Trinajstić information content (AvgIpc) is 3.05. The van der Waals surface area contributed by atoms with Crippen molar-refractivity contribution < 1.29 is 0 Å². The Morgan fingerprint density at radius 3 is 2.50 bits per heavy atom. The fourth-order valence-corrected chi connectivity index (χ4v) is 3.87. The Morgan fingerprint density at radius 2 is 1.88 bits per heavy atom. The fraction of sp³-hybridized carbons (Fsp3) is 0.632. The Kier molecular flexibility index (Phi) is 4.99. The van der Waals surface area contributed by atoms with Crippen LogP contribution in [0, 0.1) is 19.8 Å². The summed E-state index contributed by atoms with van der Waals surface area (Å²) in [6.07, 6.45) is 5.74. The van der Waals surface area contributed by atoms with Crippen LogP contribution in [0.1, 0.15) is 62.9 Å². The lowest BCUT2D eigenvalue weighted by molar-refractivity contribution is 0.183. The van der Waals surface area contributed by atoms with Crippen molar-refractivity contribution in [2.24, 2.45) is 5.92 Å². The van der Waals surface area contributed by atoms with E-state index in [1.165, 1.54) is 24.0 Å². The third-order valence-corrected chi connectivity index (χ3v) is 5.39. The van der Waals surface area contributed by atoms with Gasteiger partial charge in [-0.25, -0.2) is 0 Å². The van der Waals surface area contributed by atoms with E-state index < -0.39 is 0 Å². The lowest BCUT2D eigenvalue weighted by atomic mass is 9.76. The molecule has 0 unspecified atom stereocenters. The van der Waals surface area contributed by atoms with Crippen LogP contribution in [0.5, 0.6) is 0 Å². The first kappa shape index (κ1) is 17.1. The van der Waals surface area contributed by atoms with Crippen molar-refractivity contribution in [1.82, 2.24) is 25.5 Å². The van der Waals surface area contributed by atoms with Gasteiger partial charge in [-0.1, -0.05) is 32.0 Å². The summed E-state index contributed by atoms with van der Waals surface area (Å²) < 4.78 is 1.98. The molecule has 1 aliphatic rings. The third kappa shape index (κ3) is 3.09. The highest BCUT2D eigenvalue weighted by molar-refractivity contribution is 5.47. The molecular formula is C19H29N5. The first-order valence-corrected chi connectivity index (χ1v) is 9.18. The predicted octanol–water partition coefficient (Wildman–Crippen LogP) is 3.68. The van der Waals surface area contributed by atoms with E-state index in [9.17, 15) is 0 Å². The number of nitrogens with zero attached hydrogens (tertiary/aromatic N) is 4. The number of aromatic nitrogens is 4. The SMILES string of the molecule is CCCNC1(c2nnnn2-c2c(C)cccc2C)CCC(C)CC1. The predicted molar refractivity (Wildman–Crippen MR) is 96.2 cm³/mol. The molecule has 1 heterocycles. The van der Waals surface area contributed by atoms with Gasteiger partial charge >= 0.3 is 0 Å². The normalized spacial score (nSPS) is 24.2. The number of tetrazole rings is 1. The van der Waals surface area contributed by atoms with Gasteiger partial charge in [0.25, 0.3) is 0 Å². The number of hydrogen-bond donors (Lipinski definition) is 1. The molecule has 24 heavy (non-hydrogen) atoms. The van der Waals surface area contributed by atoms with Gasteiger partial charge in [-0.05, 0) is 80.0 Å². The van der Waals surface area contributed by atoms with Gasteiger partial charge < -0.3 is 5.32 Å². The zero-order chi connectivity index (χ0) is 17.2. The molecule has 5 nitrogen and oxygen atoms in total. The van der Waals surface area contributed by atoms with E-state index in [-0.39, 0.29) is 5.54 Å². The molecule has 0 saturated heterocycles. The topological polar surface area (TPSA) is 55.6 Å². The van der Waals surface area contributed by atoms with Crippen LogP contribution >= 0.6 is 0 Å². The molecule has 0 radical (unpaired) electrons. The van der Waals surface area contributed by atoms with Crippen LogP contribution in [0.3, 0.4) is 0 Å². The van der Waals surface area contributed by atoms with E-state index in [1.807, 2.05) is 4.68 Å². The molecule has 1 fully saturated rings. The Hall–Kier alpha value is -1.75. The quantitative estimate of drug-likeness (QED) is 0.910. The van der Waals surface area contributed by atoms with Crippen molar-refractivity contribution in [1.29, 1.82) is 0 Å². The number of hydrogen-bond acceptors (Lipinski definition) is 4. The van der Waals surface area contributed by atoms with E-state index in [4.69, 9.17) is 0 Å². The molecule has 2 aromatic rings. The highest BCUT2D eigenvalue weighted by Crippen LogP contribution is 2.39. The Labute approximate surface area is 144 Å². The van der Waals surface area contributed by atoms with E-state index in [0.29, 0.717) is 0 Å². The summed E-state index contributed by atoms with van der Waals surface area (Å²) in [6, 6.07) is 6.34. The van der Waals surface area contributed by atoms with Crippen molar-refractivity contribution in [3.05, 3.63) is 35.2 Å². The Bertz CT molecular complexity index is 657. The Balaban J connectivity index is 2.06. The van der Waals surface area contributed by atoms with Gasteiger partial charge in [0.15, 0.2) is 5.82 Å². The average molecular weight is 327 g/mol. The van der Waals surface area contributed by atoms with Crippen molar-refractivity contribution in [2.75, 3.05) is 6.54 Å². The van der Waals surface area contributed by atoms with Crippen LogP contribution in [0.25, 0.3) is 5.69 Å². The number of benzene rings is 1. The molecule has 0 spiro atoms. The lowest BCUT2D eigenvalue weighted by Crippen LogP contribution is -2.47. The molecule has 130 valence electrons. The van der Waals surface area contributed by atoms with Gasteiger partial charge in [0.2, 0.25) is 0 Å². The molecule has 1 aromatic carbocycles. The van der Waals surface area contributed by atoms with Crippen LogP contribution in [-0.2, 0) is 5.54 Å². The minimum absolute atomic E-state index is 0.110. The lowest BCUT2D eigenvalue weighted by Gasteiger charge is -2.39. The maximum absolute atomic E-state index is 4.49. The number of rotatable bonds is 5. The summed E-state index contributed by atoms with van der Waals surface area (Å²) in [5, 5.41) is 16.7. The molecule has 0 aliphatic heterocycles. The monoisotopic (exact) mass is 327 g/mol. The van der Waals surface area contributed by atoms with E-state index in [1.54, 1.807) is 0 Å². The maximum Gasteiger partial charge on any atom is 0.176 e. The third-order valence-electron chi connectivity index (χ3n) is 5.39.